The first-order valence-electron chi connectivity index (χ1n) is 11.0. The second-order valence-corrected chi connectivity index (χ2v) is 8.98. The van der Waals surface area contributed by atoms with E-state index in [-0.39, 0.29) is 5.41 Å². The van der Waals surface area contributed by atoms with Gasteiger partial charge in [0, 0.05) is 49.8 Å². The van der Waals surface area contributed by atoms with Gasteiger partial charge in [0.1, 0.15) is 0 Å². The Morgan fingerprint density at radius 2 is 1.85 bits per heavy atom. The molecule has 1 heterocycles. The Hall–Kier alpha value is -0.810. The predicted octanol–water partition coefficient (Wildman–Crippen LogP) is 3.15. The van der Waals surface area contributed by atoms with Crippen LogP contribution in [-0.4, -0.2) is 61.3 Å². The smallest absolute Gasteiger partial charge is 0.191 e. The van der Waals surface area contributed by atoms with E-state index >= 15 is 0 Å². The first kappa shape index (κ1) is 19.9. The average molecular weight is 365 g/mol. The molecule has 0 aromatic rings. The van der Waals surface area contributed by atoms with E-state index in [0.717, 1.165) is 38.0 Å². The van der Waals surface area contributed by atoms with E-state index in [2.05, 4.69) is 43.2 Å². The normalized spacial score (nSPS) is 30.1. The fraction of sp³-hybridized carbons (Fsp3) is 0.952. The largest absolute Gasteiger partial charge is 0.378 e. The average Bonchev–Trinajstić information content (AvgIpc) is 3.46. The molecule has 2 aliphatic carbocycles. The van der Waals surface area contributed by atoms with E-state index in [0.29, 0.717) is 18.2 Å². The van der Waals surface area contributed by atoms with Crippen molar-refractivity contribution in [2.75, 3.05) is 26.2 Å². The molecule has 0 aromatic carbocycles. The van der Waals surface area contributed by atoms with Crippen LogP contribution < -0.4 is 10.6 Å². The number of piperidine rings is 1. The van der Waals surface area contributed by atoms with Crippen LogP contribution in [0.2, 0.25) is 0 Å². The standard InChI is InChI=1S/C21H40N4O/c1-5-7-14-26-19-15-18(21(19,3)4)24-20(22-6-2)23-16-10-12-25(13-11-16)17-8-9-17/h16-19H,5-15H2,1-4H3,(H2,22,23,24). The van der Waals surface area contributed by atoms with Crippen LogP contribution in [0.15, 0.2) is 4.99 Å². The third-order valence-corrected chi connectivity index (χ3v) is 6.56. The third-order valence-electron chi connectivity index (χ3n) is 6.56. The lowest BCUT2D eigenvalue weighted by molar-refractivity contribution is -0.113. The fourth-order valence-corrected chi connectivity index (χ4v) is 4.28. The molecule has 2 N–H and O–H groups in total. The zero-order valence-corrected chi connectivity index (χ0v) is 17.4. The van der Waals surface area contributed by atoms with Crippen molar-refractivity contribution in [1.29, 1.82) is 0 Å². The van der Waals surface area contributed by atoms with Gasteiger partial charge in [-0.05, 0) is 45.4 Å². The van der Waals surface area contributed by atoms with Gasteiger partial charge in [0.2, 0.25) is 0 Å². The van der Waals surface area contributed by atoms with Crippen LogP contribution in [0.1, 0.15) is 72.6 Å². The lowest BCUT2D eigenvalue weighted by Gasteiger charge is -2.52. The Kier molecular flexibility index (Phi) is 6.84. The molecule has 0 aromatic heterocycles. The number of aliphatic imine (C=N–C) groups is 1. The highest BCUT2D eigenvalue weighted by Gasteiger charge is 2.49. The molecule has 5 heteroatoms. The van der Waals surface area contributed by atoms with Gasteiger partial charge >= 0.3 is 0 Å². The summed E-state index contributed by atoms with van der Waals surface area (Å²) in [7, 11) is 0. The maximum Gasteiger partial charge on any atom is 0.191 e. The molecule has 5 nitrogen and oxygen atoms in total. The topological polar surface area (TPSA) is 48.9 Å². The molecule has 2 unspecified atom stereocenters. The highest BCUT2D eigenvalue weighted by molar-refractivity contribution is 5.80. The number of nitrogens with zero attached hydrogens (tertiary/aromatic N) is 2. The minimum absolute atomic E-state index is 0.166. The zero-order valence-electron chi connectivity index (χ0n) is 17.4. The molecular weight excluding hydrogens is 324 g/mol. The molecule has 1 aliphatic heterocycles. The molecule has 1 saturated heterocycles. The lowest BCUT2D eigenvalue weighted by atomic mass is 9.64. The van der Waals surface area contributed by atoms with E-state index in [1.54, 1.807) is 0 Å². The van der Waals surface area contributed by atoms with Gasteiger partial charge in [-0.15, -0.1) is 0 Å². The number of hydrogen-bond acceptors (Lipinski definition) is 3. The van der Waals surface area contributed by atoms with Crippen LogP contribution in [0.25, 0.3) is 0 Å². The zero-order chi connectivity index (χ0) is 18.6. The van der Waals surface area contributed by atoms with Crippen molar-refractivity contribution in [2.45, 2.75) is 96.9 Å². The molecule has 0 spiro atoms. The molecule has 26 heavy (non-hydrogen) atoms. The van der Waals surface area contributed by atoms with E-state index < -0.39 is 0 Å². The number of ether oxygens (including phenoxy) is 1. The van der Waals surface area contributed by atoms with Crippen molar-refractivity contribution in [3.05, 3.63) is 0 Å². The summed E-state index contributed by atoms with van der Waals surface area (Å²) in [5.74, 6) is 1.00. The van der Waals surface area contributed by atoms with Crippen molar-refractivity contribution in [1.82, 2.24) is 15.5 Å². The van der Waals surface area contributed by atoms with E-state index in [9.17, 15) is 0 Å². The van der Waals surface area contributed by atoms with Gasteiger partial charge < -0.3 is 20.3 Å². The molecule has 150 valence electrons. The summed E-state index contributed by atoms with van der Waals surface area (Å²) in [6.07, 6.45) is 9.12. The molecule has 3 fully saturated rings. The molecule has 0 radical (unpaired) electrons. The van der Waals surface area contributed by atoms with Crippen LogP contribution in [-0.2, 0) is 4.74 Å². The van der Waals surface area contributed by atoms with Crippen LogP contribution in [0.5, 0.6) is 0 Å². The van der Waals surface area contributed by atoms with Crippen molar-refractivity contribution < 1.29 is 4.74 Å². The Labute approximate surface area is 160 Å². The molecule has 2 atom stereocenters. The van der Waals surface area contributed by atoms with Crippen LogP contribution in [0.4, 0.5) is 0 Å². The van der Waals surface area contributed by atoms with Gasteiger partial charge in [-0.1, -0.05) is 27.2 Å². The van der Waals surface area contributed by atoms with Crippen LogP contribution in [0.3, 0.4) is 0 Å². The number of nitrogens with one attached hydrogen (secondary N) is 2. The van der Waals surface area contributed by atoms with Gasteiger partial charge in [0.15, 0.2) is 5.96 Å². The molecule has 0 amide bonds. The maximum absolute atomic E-state index is 6.09. The monoisotopic (exact) mass is 364 g/mol. The van der Waals surface area contributed by atoms with Crippen molar-refractivity contribution >= 4 is 5.96 Å². The highest BCUT2D eigenvalue weighted by Crippen LogP contribution is 2.42. The summed E-state index contributed by atoms with van der Waals surface area (Å²) < 4.78 is 6.09. The van der Waals surface area contributed by atoms with Crippen LogP contribution in [0, 0.1) is 5.41 Å². The Morgan fingerprint density at radius 1 is 1.12 bits per heavy atom. The molecular formula is C21H40N4O. The molecule has 3 aliphatic rings. The van der Waals surface area contributed by atoms with Gasteiger partial charge in [-0.3, -0.25) is 4.99 Å². The SMILES string of the molecule is CCCCOC1CC(NC(=NCC)NC2CCN(C3CC3)CC2)C1(C)C. The van der Waals surface area contributed by atoms with Gasteiger partial charge in [0.05, 0.1) is 6.10 Å². The Bertz CT molecular complexity index is 467. The van der Waals surface area contributed by atoms with Crippen molar-refractivity contribution in [3.63, 3.8) is 0 Å². The molecule has 0 bridgehead atoms. The number of likely N-dealkylation sites (tertiary alicyclic amines) is 1. The first-order chi connectivity index (χ1) is 12.5. The van der Waals surface area contributed by atoms with E-state index in [1.807, 2.05) is 0 Å². The summed E-state index contributed by atoms with van der Waals surface area (Å²) in [5.41, 5.74) is 0.166. The fourth-order valence-electron chi connectivity index (χ4n) is 4.28. The molecule has 3 rings (SSSR count). The summed E-state index contributed by atoms with van der Waals surface area (Å²) in [6.45, 7) is 13.2. The number of guanidine groups is 1. The summed E-state index contributed by atoms with van der Waals surface area (Å²) in [5, 5.41) is 7.42. The number of rotatable bonds is 8. The maximum atomic E-state index is 6.09. The quantitative estimate of drug-likeness (QED) is 0.395. The third kappa shape index (κ3) is 4.92. The summed E-state index contributed by atoms with van der Waals surface area (Å²) in [4.78, 5) is 7.39. The predicted molar refractivity (Wildman–Crippen MR) is 109 cm³/mol. The van der Waals surface area contributed by atoms with Gasteiger partial charge in [-0.25, -0.2) is 0 Å². The minimum atomic E-state index is 0.166. The summed E-state index contributed by atoms with van der Waals surface area (Å²) >= 11 is 0. The number of hydrogen-bond donors (Lipinski definition) is 2. The van der Waals surface area contributed by atoms with Crippen LogP contribution >= 0.6 is 0 Å². The molecule has 2 saturated carbocycles. The van der Waals surface area contributed by atoms with Crippen molar-refractivity contribution in [2.24, 2.45) is 10.4 Å². The second-order valence-electron chi connectivity index (χ2n) is 8.98. The summed E-state index contributed by atoms with van der Waals surface area (Å²) in [6, 6.07) is 1.90. The van der Waals surface area contributed by atoms with Gasteiger partial charge in [-0.2, -0.15) is 0 Å². The minimum Gasteiger partial charge on any atom is -0.378 e. The van der Waals surface area contributed by atoms with E-state index in [1.165, 1.54) is 45.2 Å². The highest BCUT2D eigenvalue weighted by atomic mass is 16.5. The second kappa shape index (κ2) is 8.92. The Morgan fingerprint density at radius 3 is 2.42 bits per heavy atom. The Balaban J connectivity index is 1.44. The number of unbranched alkanes of at least 4 members (excludes halogenated alkanes) is 1. The van der Waals surface area contributed by atoms with E-state index in [4.69, 9.17) is 9.73 Å². The van der Waals surface area contributed by atoms with Crippen molar-refractivity contribution in [3.8, 4) is 0 Å². The first-order valence-corrected chi connectivity index (χ1v) is 11.0. The van der Waals surface area contributed by atoms with Gasteiger partial charge in [0.25, 0.3) is 0 Å². The lowest BCUT2D eigenvalue weighted by Crippen LogP contribution is -2.64.